The van der Waals surface area contributed by atoms with Crippen LogP contribution in [0.5, 0.6) is 0 Å². The topological polar surface area (TPSA) is 47.9 Å². The molecule has 0 unspecified atom stereocenters. The Morgan fingerprint density at radius 3 is 1.56 bits per heavy atom. The lowest BCUT2D eigenvalue weighted by Crippen LogP contribution is -2.36. The molecule has 0 radical (unpaired) electrons. The highest BCUT2D eigenvalue weighted by molar-refractivity contribution is 5.38. The summed E-state index contributed by atoms with van der Waals surface area (Å²) in [5.74, 6) is 0. The molecule has 0 atom stereocenters. The van der Waals surface area contributed by atoms with Gasteiger partial charge in [-0.05, 0) is 42.8 Å². The van der Waals surface area contributed by atoms with Crippen molar-refractivity contribution in [3.8, 4) is 0 Å². The molecule has 0 N–H and O–H groups in total. The molecule has 0 spiro atoms. The third-order valence-electron chi connectivity index (χ3n) is 4.14. The molecule has 4 nitrogen and oxygen atoms in total. The number of rotatable bonds is 8. The van der Waals surface area contributed by atoms with E-state index in [4.69, 9.17) is 4.74 Å². The van der Waals surface area contributed by atoms with Crippen LogP contribution in [0.4, 0.5) is 0 Å². The zero-order valence-corrected chi connectivity index (χ0v) is 14.5. The molecule has 0 aliphatic heterocycles. The Labute approximate surface area is 149 Å². The predicted molar refractivity (Wildman–Crippen MR) is 98.1 cm³/mol. The minimum atomic E-state index is -0.905. The summed E-state index contributed by atoms with van der Waals surface area (Å²) in [7, 11) is 0. The Balaban J connectivity index is 2.13. The molecule has 25 heavy (non-hydrogen) atoms. The molecule has 3 aromatic heterocycles. The van der Waals surface area contributed by atoms with E-state index in [-0.39, 0.29) is 0 Å². The van der Waals surface area contributed by atoms with Crippen molar-refractivity contribution in [1.82, 2.24) is 15.0 Å². The SMILES string of the molecule is CCCCCOC(c1ccccn1)(c1ccccn1)c1ccccn1. The highest BCUT2D eigenvalue weighted by Gasteiger charge is 2.41. The average Bonchev–Trinajstić information content (AvgIpc) is 2.70. The van der Waals surface area contributed by atoms with E-state index in [0.717, 1.165) is 36.3 Å². The number of ether oxygens (including phenoxy) is 1. The Hall–Kier alpha value is -2.59. The molecule has 3 aromatic rings. The number of unbranched alkanes of at least 4 members (excludes halogenated alkanes) is 2. The highest BCUT2D eigenvalue weighted by atomic mass is 16.5. The summed E-state index contributed by atoms with van der Waals surface area (Å²) in [5.41, 5.74) is 1.48. The molecule has 3 heterocycles. The fourth-order valence-corrected chi connectivity index (χ4v) is 2.91. The molecule has 4 heteroatoms. The highest BCUT2D eigenvalue weighted by Crippen LogP contribution is 2.37. The van der Waals surface area contributed by atoms with Crippen LogP contribution in [0.3, 0.4) is 0 Å². The second-order valence-corrected chi connectivity index (χ2v) is 5.88. The minimum absolute atomic E-state index is 0.623. The number of hydrogen-bond acceptors (Lipinski definition) is 4. The zero-order chi connectivity index (χ0) is 17.4. The molecule has 3 rings (SSSR count). The summed E-state index contributed by atoms with van der Waals surface area (Å²) in [6, 6.07) is 17.6. The molecule has 0 aliphatic carbocycles. The average molecular weight is 333 g/mol. The second kappa shape index (κ2) is 8.49. The number of hydrogen-bond donors (Lipinski definition) is 0. The quantitative estimate of drug-likeness (QED) is 0.574. The molecular formula is C21H23N3O. The summed E-state index contributed by atoms with van der Waals surface area (Å²) in [5, 5.41) is 0. The monoisotopic (exact) mass is 333 g/mol. The van der Waals surface area contributed by atoms with Gasteiger partial charge >= 0.3 is 0 Å². The maximum atomic E-state index is 6.50. The molecule has 0 saturated heterocycles. The van der Waals surface area contributed by atoms with E-state index in [0.29, 0.717) is 6.61 Å². The molecule has 0 aliphatic rings. The number of aromatic nitrogens is 3. The van der Waals surface area contributed by atoms with E-state index < -0.39 is 5.60 Å². The van der Waals surface area contributed by atoms with Gasteiger partial charge < -0.3 is 4.74 Å². The summed E-state index contributed by atoms with van der Waals surface area (Å²) in [4.78, 5) is 13.8. The van der Waals surface area contributed by atoms with Crippen molar-refractivity contribution in [2.45, 2.75) is 31.8 Å². The first-order valence-corrected chi connectivity index (χ1v) is 8.76. The normalized spacial score (nSPS) is 11.4. The van der Waals surface area contributed by atoms with Crippen molar-refractivity contribution < 1.29 is 4.74 Å². The summed E-state index contributed by atoms with van der Waals surface area (Å²) in [6.45, 7) is 2.81. The van der Waals surface area contributed by atoms with Crippen LogP contribution >= 0.6 is 0 Å². The van der Waals surface area contributed by atoms with Gasteiger partial charge in [-0.25, -0.2) is 0 Å². The second-order valence-electron chi connectivity index (χ2n) is 5.88. The number of pyridine rings is 3. The van der Waals surface area contributed by atoms with Gasteiger partial charge in [-0.1, -0.05) is 38.0 Å². The minimum Gasteiger partial charge on any atom is -0.356 e. The van der Waals surface area contributed by atoms with E-state index in [1.807, 2.05) is 54.6 Å². The van der Waals surface area contributed by atoms with Gasteiger partial charge in [0.25, 0.3) is 0 Å². The predicted octanol–water partition coefficient (Wildman–Crippen LogP) is 4.37. The Morgan fingerprint density at radius 2 is 1.20 bits per heavy atom. The first kappa shape index (κ1) is 17.2. The third-order valence-corrected chi connectivity index (χ3v) is 4.14. The molecule has 0 aromatic carbocycles. The third kappa shape index (κ3) is 3.74. The molecule has 0 fully saturated rings. The Bertz CT molecular complexity index is 651. The maximum absolute atomic E-state index is 6.50. The van der Waals surface area contributed by atoms with Crippen LogP contribution in [0.25, 0.3) is 0 Å². The van der Waals surface area contributed by atoms with Gasteiger partial charge in [0.05, 0.1) is 17.1 Å². The van der Waals surface area contributed by atoms with E-state index >= 15 is 0 Å². The molecule has 0 saturated carbocycles. The standard InChI is InChI=1S/C21H23N3O/c1-2-3-10-17-25-21(18-11-4-7-14-22-18,19-12-5-8-15-23-19)20-13-6-9-16-24-20/h4-9,11-16H,2-3,10,17H2,1H3. The van der Waals surface area contributed by atoms with Crippen LogP contribution in [0.2, 0.25) is 0 Å². The van der Waals surface area contributed by atoms with Crippen molar-refractivity contribution in [3.63, 3.8) is 0 Å². The Kier molecular flexibility index (Phi) is 5.86. The lowest BCUT2D eigenvalue weighted by molar-refractivity contribution is 0.00172. The van der Waals surface area contributed by atoms with Gasteiger partial charge in [-0.15, -0.1) is 0 Å². The van der Waals surface area contributed by atoms with Crippen LogP contribution in [-0.4, -0.2) is 21.6 Å². The fraction of sp³-hybridized carbons (Fsp3) is 0.286. The first-order chi connectivity index (χ1) is 12.4. The van der Waals surface area contributed by atoms with E-state index in [1.165, 1.54) is 0 Å². The summed E-state index contributed by atoms with van der Waals surface area (Å²) in [6.07, 6.45) is 8.61. The van der Waals surface area contributed by atoms with Gasteiger partial charge in [0.1, 0.15) is 0 Å². The van der Waals surface area contributed by atoms with Crippen molar-refractivity contribution in [2.75, 3.05) is 6.61 Å². The first-order valence-electron chi connectivity index (χ1n) is 8.76. The number of nitrogens with zero attached hydrogens (tertiary/aromatic N) is 3. The van der Waals surface area contributed by atoms with Gasteiger partial charge in [0, 0.05) is 25.2 Å². The molecule has 0 amide bonds. The summed E-state index contributed by atoms with van der Waals surface area (Å²) >= 11 is 0. The molecule has 0 bridgehead atoms. The maximum Gasteiger partial charge on any atom is 0.193 e. The molecular weight excluding hydrogens is 310 g/mol. The fourth-order valence-electron chi connectivity index (χ4n) is 2.91. The van der Waals surface area contributed by atoms with Gasteiger partial charge in [0.15, 0.2) is 5.60 Å². The lowest BCUT2D eigenvalue weighted by Gasteiger charge is -2.32. The van der Waals surface area contributed by atoms with Crippen molar-refractivity contribution >= 4 is 0 Å². The van der Waals surface area contributed by atoms with Crippen molar-refractivity contribution in [3.05, 3.63) is 90.3 Å². The van der Waals surface area contributed by atoms with E-state index in [9.17, 15) is 0 Å². The van der Waals surface area contributed by atoms with Crippen LogP contribution in [0.1, 0.15) is 43.3 Å². The van der Waals surface area contributed by atoms with Crippen LogP contribution in [0, 0.1) is 0 Å². The van der Waals surface area contributed by atoms with E-state index in [2.05, 4.69) is 21.9 Å². The largest absolute Gasteiger partial charge is 0.356 e. The van der Waals surface area contributed by atoms with Gasteiger partial charge in [0.2, 0.25) is 0 Å². The smallest absolute Gasteiger partial charge is 0.193 e. The summed E-state index contributed by atoms with van der Waals surface area (Å²) < 4.78 is 6.50. The van der Waals surface area contributed by atoms with Crippen molar-refractivity contribution in [1.29, 1.82) is 0 Å². The van der Waals surface area contributed by atoms with Crippen LogP contribution < -0.4 is 0 Å². The van der Waals surface area contributed by atoms with Crippen LogP contribution in [-0.2, 0) is 10.3 Å². The van der Waals surface area contributed by atoms with Crippen molar-refractivity contribution in [2.24, 2.45) is 0 Å². The lowest BCUT2D eigenvalue weighted by atomic mass is 9.89. The van der Waals surface area contributed by atoms with E-state index in [1.54, 1.807) is 18.6 Å². The zero-order valence-electron chi connectivity index (χ0n) is 14.5. The Morgan fingerprint density at radius 1 is 0.720 bits per heavy atom. The molecule has 128 valence electrons. The van der Waals surface area contributed by atoms with Crippen LogP contribution in [0.15, 0.2) is 73.2 Å². The van der Waals surface area contributed by atoms with Gasteiger partial charge in [-0.3, -0.25) is 15.0 Å². The van der Waals surface area contributed by atoms with Gasteiger partial charge in [-0.2, -0.15) is 0 Å².